The fourth-order valence-corrected chi connectivity index (χ4v) is 2.79. The van der Waals surface area contributed by atoms with E-state index in [1.54, 1.807) is 0 Å². The molecule has 0 N–H and O–H groups in total. The van der Waals surface area contributed by atoms with Gasteiger partial charge in [-0.3, -0.25) is 0 Å². The van der Waals surface area contributed by atoms with E-state index in [4.69, 9.17) is 17.1 Å². The first-order valence-corrected chi connectivity index (χ1v) is 8.22. The third kappa shape index (κ3) is 10.1. The van der Waals surface area contributed by atoms with Crippen LogP contribution in [0, 0.1) is 23.2 Å². The minimum absolute atomic E-state index is 0. The zero-order chi connectivity index (χ0) is 17.8. The van der Waals surface area contributed by atoms with Crippen LogP contribution in [0.25, 0.3) is 0 Å². The molecule has 2 rings (SSSR count). The molecule has 0 fully saturated rings. The maximum Gasteiger partial charge on any atom is 1.00 e. The largest absolute Gasteiger partial charge is 1.00 e. The SMILES string of the molecule is C.CC(C)c1ccccc1Br.CC(C)c1ccccc1C#N.[C-]#N.[Cu+]. The molecule has 0 aliphatic heterocycles. The van der Waals surface area contributed by atoms with Crippen molar-refractivity contribution in [2.24, 2.45) is 0 Å². The van der Waals surface area contributed by atoms with E-state index in [1.807, 2.05) is 30.3 Å². The Balaban J connectivity index is -0.000000329. The van der Waals surface area contributed by atoms with Crippen LogP contribution in [0.5, 0.6) is 0 Å². The van der Waals surface area contributed by atoms with Crippen molar-refractivity contribution >= 4 is 15.9 Å². The summed E-state index contributed by atoms with van der Waals surface area (Å²) < 4.78 is 1.21. The van der Waals surface area contributed by atoms with E-state index in [2.05, 4.69) is 67.9 Å². The van der Waals surface area contributed by atoms with Gasteiger partial charge in [0, 0.05) is 4.47 Å². The Labute approximate surface area is 172 Å². The summed E-state index contributed by atoms with van der Waals surface area (Å²) >= 11 is 3.50. The summed E-state index contributed by atoms with van der Waals surface area (Å²) in [6.07, 6.45) is 0. The Morgan fingerprint density at radius 2 is 1.24 bits per heavy atom. The average molecular weight is 450 g/mol. The molecule has 0 bridgehead atoms. The number of benzene rings is 2. The molecular formula is C21H26BrCuN2. The van der Waals surface area contributed by atoms with Gasteiger partial charge < -0.3 is 11.8 Å². The molecule has 25 heavy (non-hydrogen) atoms. The predicted octanol–water partition coefficient (Wildman–Crippen LogP) is 6.98. The molecule has 0 atom stereocenters. The van der Waals surface area contributed by atoms with Gasteiger partial charge in [0.1, 0.15) is 0 Å². The van der Waals surface area contributed by atoms with Crippen molar-refractivity contribution < 1.29 is 17.1 Å². The van der Waals surface area contributed by atoms with Gasteiger partial charge in [0.05, 0.1) is 11.6 Å². The van der Waals surface area contributed by atoms with Gasteiger partial charge >= 0.3 is 17.1 Å². The Hall–Kier alpha value is -1.58. The maximum atomic E-state index is 8.72. The van der Waals surface area contributed by atoms with Crippen molar-refractivity contribution in [2.75, 3.05) is 0 Å². The van der Waals surface area contributed by atoms with Crippen LogP contribution in [0.15, 0.2) is 53.0 Å². The smallest absolute Gasteiger partial charge is 0.512 e. The van der Waals surface area contributed by atoms with E-state index in [1.165, 1.54) is 10.0 Å². The molecule has 0 saturated heterocycles. The van der Waals surface area contributed by atoms with Gasteiger partial charge in [-0.25, -0.2) is 0 Å². The third-order valence-corrected chi connectivity index (χ3v) is 3.95. The molecule has 0 amide bonds. The van der Waals surface area contributed by atoms with Gasteiger partial charge in [-0.05, 0) is 35.1 Å². The predicted molar refractivity (Wildman–Crippen MR) is 105 cm³/mol. The molecule has 2 aromatic rings. The quantitative estimate of drug-likeness (QED) is 0.366. The maximum absolute atomic E-state index is 8.72. The second-order valence-corrected chi connectivity index (χ2v) is 6.38. The molecule has 0 radical (unpaired) electrons. The summed E-state index contributed by atoms with van der Waals surface area (Å²) in [4.78, 5) is 0. The summed E-state index contributed by atoms with van der Waals surface area (Å²) in [6, 6.07) is 18.2. The molecule has 138 valence electrons. The van der Waals surface area contributed by atoms with E-state index in [0.717, 1.165) is 11.1 Å². The van der Waals surface area contributed by atoms with Crippen LogP contribution in [0.2, 0.25) is 0 Å². The van der Waals surface area contributed by atoms with E-state index in [9.17, 15) is 0 Å². The molecule has 0 heterocycles. The summed E-state index contributed by atoms with van der Waals surface area (Å²) in [7, 11) is 0. The van der Waals surface area contributed by atoms with E-state index < -0.39 is 0 Å². The molecule has 0 spiro atoms. The topological polar surface area (TPSA) is 47.6 Å². The van der Waals surface area contributed by atoms with Gasteiger partial charge in [-0.2, -0.15) is 5.26 Å². The molecular weight excluding hydrogens is 424 g/mol. The van der Waals surface area contributed by atoms with Crippen molar-refractivity contribution in [3.8, 4) is 6.07 Å². The van der Waals surface area contributed by atoms with Gasteiger partial charge in [-0.1, -0.05) is 87.4 Å². The van der Waals surface area contributed by atoms with E-state index >= 15 is 0 Å². The molecule has 2 nitrogen and oxygen atoms in total. The summed E-state index contributed by atoms with van der Waals surface area (Å²) in [5.74, 6) is 1.04. The van der Waals surface area contributed by atoms with Gasteiger partial charge in [0.25, 0.3) is 0 Å². The fraction of sp³-hybridized carbons (Fsp3) is 0.333. The monoisotopic (exact) mass is 448 g/mol. The second-order valence-electron chi connectivity index (χ2n) is 5.53. The number of nitrogens with zero attached hydrogens (tertiary/aromatic N) is 2. The van der Waals surface area contributed by atoms with Crippen LogP contribution >= 0.6 is 15.9 Å². The Morgan fingerprint density at radius 3 is 1.56 bits per heavy atom. The normalized spacial score (nSPS) is 8.48. The number of hydrogen-bond acceptors (Lipinski definition) is 2. The Morgan fingerprint density at radius 1 is 0.840 bits per heavy atom. The summed E-state index contributed by atoms with van der Waals surface area (Å²) in [5, 5.41) is 15.0. The standard InChI is InChI=1S/C10H11N.C9H11Br.CN.CH4.Cu/c1-8(2)10-6-4-3-5-9(10)7-11;1-7(2)8-5-3-4-6-9(8)10;1-2;;/h3-6,8H,1-2H3;3-7H,1-2H3;;1H4;/q;;-1;;+1. The van der Waals surface area contributed by atoms with Crippen molar-refractivity contribution in [1.82, 2.24) is 0 Å². The fourth-order valence-electron chi connectivity index (χ4n) is 2.05. The van der Waals surface area contributed by atoms with Crippen molar-refractivity contribution in [2.45, 2.75) is 47.0 Å². The van der Waals surface area contributed by atoms with E-state index in [0.29, 0.717) is 11.8 Å². The summed E-state index contributed by atoms with van der Waals surface area (Å²) in [5.41, 5.74) is 3.31. The zero-order valence-corrected chi connectivity index (χ0v) is 16.9. The van der Waals surface area contributed by atoms with Gasteiger partial charge in [0.15, 0.2) is 0 Å². The Kier molecular flexibility index (Phi) is 18.0. The minimum atomic E-state index is 0. The molecule has 0 saturated carbocycles. The van der Waals surface area contributed by atoms with Crippen LogP contribution < -0.4 is 0 Å². The number of halogens is 1. The van der Waals surface area contributed by atoms with Gasteiger partial charge in [0.2, 0.25) is 0 Å². The van der Waals surface area contributed by atoms with Crippen LogP contribution in [0.1, 0.15) is 63.6 Å². The molecule has 4 heteroatoms. The number of rotatable bonds is 2. The van der Waals surface area contributed by atoms with Crippen LogP contribution in [0.4, 0.5) is 0 Å². The first-order valence-electron chi connectivity index (χ1n) is 7.43. The van der Waals surface area contributed by atoms with Crippen LogP contribution in [-0.2, 0) is 17.1 Å². The molecule has 0 unspecified atom stereocenters. The van der Waals surface area contributed by atoms with Crippen molar-refractivity contribution in [3.05, 3.63) is 76.3 Å². The van der Waals surface area contributed by atoms with Crippen molar-refractivity contribution in [1.29, 1.82) is 10.5 Å². The zero-order valence-electron chi connectivity index (χ0n) is 14.3. The first kappa shape index (κ1) is 28.2. The first-order chi connectivity index (χ1) is 11.0. The minimum Gasteiger partial charge on any atom is -0.512 e. The van der Waals surface area contributed by atoms with Gasteiger partial charge in [-0.15, -0.1) is 0 Å². The molecule has 2 aromatic carbocycles. The van der Waals surface area contributed by atoms with Crippen LogP contribution in [-0.4, -0.2) is 0 Å². The molecule has 0 aliphatic carbocycles. The van der Waals surface area contributed by atoms with E-state index in [-0.39, 0.29) is 24.5 Å². The van der Waals surface area contributed by atoms with Crippen LogP contribution in [0.3, 0.4) is 0 Å². The second kappa shape index (κ2) is 15.9. The third-order valence-electron chi connectivity index (χ3n) is 3.23. The molecule has 0 aliphatic rings. The van der Waals surface area contributed by atoms with Crippen molar-refractivity contribution in [3.63, 3.8) is 0 Å². The summed E-state index contributed by atoms with van der Waals surface area (Å²) in [6.45, 7) is 13.3. The number of nitriles is 1. The number of hydrogen-bond donors (Lipinski definition) is 0. The average Bonchev–Trinajstić information content (AvgIpc) is 2.57. The Bertz CT molecular complexity index is 658. The molecule has 0 aromatic heterocycles.